The molecule has 11 heavy (non-hydrogen) atoms. The third-order valence-electron chi connectivity index (χ3n) is 1.28. The molecule has 0 saturated carbocycles. The van der Waals surface area contributed by atoms with Gasteiger partial charge < -0.3 is 10.5 Å². The summed E-state index contributed by atoms with van der Waals surface area (Å²) in [6.45, 7) is 0. The van der Waals surface area contributed by atoms with Gasteiger partial charge in [-0.2, -0.15) is 4.73 Å². The number of nitrogens with one attached hydrogen (secondary N) is 1. The number of pyridine rings is 1. The highest BCUT2D eigenvalue weighted by atomic mass is 16.5. The SMILES string of the molecule is CNC(=O)c1cccc[n+]1[O-]. The minimum Gasteiger partial charge on any atom is -0.618 e. The number of carbonyl (C=O) groups excluding carboxylic acids is 1. The third kappa shape index (κ3) is 1.46. The van der Waals surface area contributed by atoms with Crippen molar-refractivity contribution in [3.05, 3.63) is 35.3 Å². The summed E-state index contributed by atoms with van der Waals surface area (Å²) in [6, 6.07) is 4.67. The first-order valence-electron chi connectivity index (χ1n) is 3.16. The molecule has 0 fully saturated rings. The highest BCUT2D eigenvalue weighted by Gasteiger charge is 2.11. The maximum atomic E-state index is 10.9. The maximum Gasteiger partial charge on any atom is 0.317 e. The van der Waals surface area contributed by atoms with Gasteiger partial charge in [0, 0.05) is 19.2 Å². The molecule has 1 aromatic heterocycles. The maximum absolute atomic E-state index is 10.9. The molecule has 0 atom stereocenters. The number of aromatic nitrogens is 1. The van der Waals surface area contributed by atoms with Crippen molar-refractivity contribution in [2.75, 3.05) is 7.05 Å². The fraction of sp³-hybridized carbons (Fsp3) is 0.143. The van der Waals surface area contributed by atoms with E-state index in [1.807, 2.05) is 0 Å². The molecule has 0 aliphatic rings. The molecule has 4 nitrogen and oxygen atoms in total. The summed E-state index contributed by atoms with van der Waals surface area (Å²) in [7, 11) is 1.48. The first-order valence-corrected chi connectivity index (χ1v) is 3.16. The molecule has 4 heteroatoms. The van der Waals surface area contributed by atoms with Gasteiger partial charge in [0.2, 0.25) is 0 Å². The van der Waals surface area contributed by atoms with Crippen LogP contribution in [0.4, 0.5) is 0 Å². The van der Waals surface area contributed by atoms with Gasteiger partial charge in [0.1, 0.15) is 0 Å². The lowest BCUT2D eigenvalue weighted by atomic mass is 10.3. The van der Waals surface area contributed by atoms with Crippen molar-refractivity contribution in [2.24, 2.45) is 0 Å². The normalized spacial score (nSPS) is 9.18. The van der Waals surface area contributed by atoms with E-state index < -0.39 is 0 Å². The lowest BCUT2D eigenvalue weighted by Gasteiger charge is -2.00. The van der Waals surface area contributed by atoms with Gasteiger partial charge in [0.25, 0.3) is 5.69 Å². The average molecular weight is 152 g/mol. The van der Waals surface area contributed by atoms with Gasteiger partial charge in [-0.3, -0.25) is 4.79 Å². The van der Waals surface area contributed by atoms with Crippen LogP contribution >= 0.6 is 0 Å². The predicted octanol–water partition coefficient (Wildman–Crippen LogP) is -0.320. The Balaban J connectivity index is 3.03. The second-order valence-electron chi connectivity index (χ2n) is 1.99. The van der Waals surface area contributed by atoms with Crippen molar-refractivity contribution in [1.82, 2.24) is 5.32 Å². The fourth-order valence-electron chi connectivity index (χ4n) is 0.732. The van der Waals surface area contributed by atoms with Crippen LogP contribution in [0.5, 0.6) is 0 Å². The predicted molar refractivity (Wildman–Crippen MR) is 38.8 cm³/mol. The van der Waals surface area contributed by atoms with E-state index in [4.69, 9.17) is 0 Å². The Labute approximate surface area is 64.1 Å². The number of carbonyl (C=O) groups is 1. The van der Waals surface area contributed by atoms with Crippen molar-refractivity contribution in [1.29, 1.82) is 0 Å². The van der Waals surface area contributed by atoms with Gasteiger partial charge >= 0.3 is 5.91 Å². The number of amides is 1. The van der Waals surface area contributed by atoms with Gasteiger partial charge in [-0.25, -0.2) is 0 Å². The molecule has 0 saturated heterocycles. The van der Waals surface area contributed by atoms with Crippen LogP contribution in [0.1, 0.15) is 10.5 Å². The molecule has 1 N–H and O–H groups in total. The zero-order valence-corrected chi connectivity index (χ0v) is 6.07. The number of hydrogen-bond donors (Lipinski definition) is 1. The van der Waals surface area contributed by atoms with Crippen LogP contribution < -0.4 is 10.0 Å². The quantitative estimate of drug-likeness (QED) is 0.443. The van der Waals surface area contributed by atoms with E-state index in [9.17, 15) is 10.0 Å². The van der Waals surface area contributed by atoms with E-state index in [-0.39, 0.29) is 11.6 Å². The number of rotatable bonds is 1. The van der Waals surface area contributed by atoms with E-state index in [1.165, 1.54) is 19.3 Å². The standard InChI is InChI=1S/C7H8N2O2/c1-8-7(10)6-4-2-3-5-9(6)11/h2-5H,1H3,(H,8,10). The van der Waals surface area contributed by atoms with Crippen molar-refractivity contribution in [3.8, 4) is 0 Å². The van der Waals surface area contributed by atoms with Crippen LogP contribution in [0.25, 0.3) is 0 Å². The molecule has 0 unspecified atom stereocenters. The summed E-state index contributed by atoms with van der Waals surface area (Å²) in [5, 5.41) is 13.2. The Bertz CT molecular complexity index is 273. The van der Waals surface area contributed by atoms with Gasteiger partial charge in [-0.15, -0.1) is 0 Å². The molecule has 58 valence electrons. The fourth-order valence-corrected chi connectivity index (χ4v) is 0.732. The molecule has 0 bridgehead atoms. The third-order valence-corrected chi connectivity index (χ3v) is 1.28. The van der Waals surface area contributed by atoms with Crippen molar-refractivity contribution in [2.45, 2.75) is 0 Å². The summed E-state index contributed by atoms with van der Waals surface area (Å²) < 4.78 is 0.527. The highest BCUT2D eigenvalue weighted by Crippen LogP contribution is 1.88. The summed E-state index contributed by atoms with van der Waals surface area (Å²) in [5.74, 6) is -0.374. The van der Waals surface area contributed by atoms with E-state index in [2.05, 4.69) is 5.32 Å². The van der Waals surface area contributed by atoms with Crippen LogP contribution in [0.2, 0.25) is 0 Å². The van der Waals surface area contributed by atoms with Crippen molar-refractivity contribution < 1.29 is 9.52 Å². The summed E-state index contributed by atoms with van der Waals surface area (Å²) in [5.41, 5.74) is 0.106. The molecular formula is C7H8N2O2. The molecule has 1 rings (SSSR count). The second kappa shape index (κ2) is 3.01. The summed E-state index contributed by atoms with van der Waals surface area (Å²) >= 11 is 0. The van der Waals surface area contributed by atoms with Crippen LogP contribution in [0.3, 0.4) is 0 Å². The molecule has 1 amide bonds. The topological polar surface area (TPSA) is 56.0 Å². The Morgan fingerprint density at radius 3 is 2.91 bits per heavy atom. The van der Waals surface area contributed by atoms with E-state index in [0.717, 1.165) is 0 Å². The highest BCUT2D eigenvalue weighted by molar-refractivity contribution is 5.90. The van der Waals surface area contributed by atoms with E-state index in [0.29, 0.717) is 4.73 Å². The van der Waals surface area contributed by atoms with E-state index >= 15 is 0 Å². The zero-order chi connectivity index (χ0) is 8.27. The molecule has 1 aromatic rings. The van der Waals surface area contributed by atoms with Gasteiger partial charge in [-0.1, -0.05) is 0 Å². The van der Waals surface area contributed by atoms with Crippen LogP contribution in [0, 0.1) is 5.21 Å². The summed E-state index contributed by atoms with van der Waals surface area (Å²) in [4.78, 5) is 10.9. The molecular weight excluding hydrogens is 144 g/mol. The minimum atomic E-state index is -0.374. The number of hydrogen-bond acceptors (Lipinski definition) is 2. The van der Waals surface area contributed by atoms with Crippen molar-refractivity contribution >= 4 is 5.91 Å². The second-order valence-corrected chi connectivity index (χ2v) is 1.99. The Morgan fingerprint density at radius 2 is 2.36 bits per heavy atom. The minimum absolute atomic E-state index is 0.106. The average Bonchev–Trinajstić information content (AvgIpc) is 2.04. The molecule has 0 radical (unpaired) electrons. The van der Waals surface area contributed by atoms with Crippen LogP contribution in [-0.2, 0) is 0 Å². The Kier molecular flexibility index (Phi) is 2.06. The van der Waals surface area contributed by atoms with Crippen LogP contribution in [0.15, 0.2) is 24.4 Å². The number of nitrogens with zero attached hydrogens (tertiary/aromatic N) is 1. The largest absolute Gasteiger partial charge is 0.618 e. The zero-order valence-electron chi connectivity index (χ0n) is 6.07. The lowest BCUT2D eigenvalue weighted by molar-refractivity contribution is -0.607. The molecule has 0 aromatic carbocycles. The van der Waals surface area contributed by atoms with Crippen molar-refractivity contribution in [3.63, 3.8) is 0 Å². The van der Waals surface area contributed by atoms with E-state index in [1.54, 1.807) is 12.1 Å². The van der Waals surface area contributed by atoms with Gasteiger partial charge in [0.05, 0.1) is 0 Å². The smallest absolute Gasteiger partial charge is 0.317 e. The summed E-state index contributed by atoms with van der Waals surface area (Å²) in [6.07, 6.45) is 1.28. The molecule has 0 spiro atoms. The first kappa shape index (κ1) is 7.53. The van der Waals surface area contributed by atoms with Gasteiger partial charge in [-0.05, 0) is 6.07 Å². The first-order chi connectivity index (χ1) is 5.25. The Morgan fingerprint density at radius 1 is 1.64 bits per heavy atom. The molecule has 0 aliphatic carbocycles. The van der Waals surface area contributed by atoms with Crippen LogP contribution in [-0.4, -0.2) is 13.0 Å². The molecule has 1 heterocycles. The van der Waals surface area contributed by atoms with Gasteiger partial charge in [0.15, 0.2) is 6.20 Å². The Hall–Kier alpha value is -1.58. The monoisotopic (exact) mass is 152 g/mol. The lowest BCUT2D eigenvalue weighted by Crippen LogP contribution is -2.37. The molecule has 0 aliphatic heterocycles.